The Morgan fingerprint density at radius 1 is 0.909 bits per heavy atom. The molecule has 0 unspecified atom stereocenters. The van der Waals surface area contributed by atoms with Gasteiger partial charge >= 0.3 is 0 Å². The number of ether oxygens (including phenoxy) is 2. The zero-order valence-electron chi connectivity index (χ0n) is 12.9. The van der Waals surface area contributed by atoms with Gasteiger partial charge in [0, 0.05) is 18.7 Å². The molecule has 3 nitrogen and oxygen atoms in total. The monoisotopic (exact) mass is 307 g/mol. The van der Waals surface area contributed by atoms with Crippen LogP contribution in [-0.4, -0.2) is 26.2 Å². The third-order valence-corrected chi connectivity index (χ3v) is 3.35. The molecule has 0 aromatic heterocycles. The highest BCUT2D eigenvalue weighted by atomic mass is 19.1. The standard InChI is InChI=1S/C17H19F2NO2/c1-20(11-13-9-14(18)5-6-15(13)19)10-12-4-7-16(21-2)17(8-12)22-3/h4-9H,10-11H2,1-3H3. The van der Waals surface area contributed by atoms with Gasteiger partial charge in [0.2, 0.25) is 0 Å². The summed E-state index contributed by atoms with van der Waals surface area (Å²) < 4.78 is 37.3. The molecule has 22 heavy (non-hydrogen) atoms. The van der Waals surface area contributed by atoms with E-state index in [1.165, 1.54) is 6.07 Å². The van der Waals surface area contributed by atoms with Crippen molar-refractivity contribution in [3.8, 4) is 11.5 Å². The predicted molar refractivity (Wildman–Crippen MR) is 81.1 cm³/mol. The second-order valence-corrected chi connectivity index (χ2v) is 5.10. The van der Waals surface area contributed by atoms with Crippen LogP contribution in [0.15, 0.2) is 36.4 Å². The van der Waals surface area contributed by atoms with Crippen LogP contribution < -0.4 is 9.47 Å². The Morgan fingerprint density at radius 2 is 1.64 bits per heavy atom. The molecule has 5 heteroatoms. The molecule has 0 aliphatic rings. The number of nitrogens with zero attached hydrogens (tertiary/aromatic N) is 1. The Kier molecular flexibility index (Phi) is 5.33. The van der Waals surface area contributed by atoms with Gasteiger partial charge in [-0.25, -0.2) is 8.78 Å². The van der Waals surface area contributed by atoms with Crippen molar-refractivity contribution in [1.82, 2.24) is 4.90 Å². The van der Waals surface area contributed by atoms with Crippen molar-refractivity contribution in [3.63, 3.8) is 0 Å². The van der Waals surface area contributed by atoms with Gasteiger partial charge in [-0.15, -0.1) is 0 Å². The summed E-state index contributed by atoms with van der Waals surface area (Å²) in [6.45, 7) is 0.897. The molecule has 0 saturated carbocycles. The maximum Gasteiger partial charge on any atom is 0.161 e. The number of benzene rings is 2. The first-order valence-corrected chi connectivity index (χ1v) is 6.87. The van der Waals surface area contributed by atoms with Gasteiger partial charge in [-0.2, -0.15) is 0 Å². The van der Waals surface area contributed by atoms with Crippen molar-refractivity contribution in [2.75, 3.05) is 21.3 Å². The lowest BCUT2D eigenvalue weighted by molar-refractivity contribution is 0.310. The molecule has 0 atom stereocenters. The summed E-state index contributed by atoms with van der Waals surface area (Å²) in [5, 5.41) is 0. The van der Waals surface area contributed by atoms with Crippen molar-refractivity contribution >= 4 is 0 Å². The molecule has 0 spiro atoms. The van der Waals surface area contributed by atoms with E-state index < -0.39 is 11.6 Å². The summed E-state index contributed by atoms with van der Waals surface area (Å²) in [7, 11) is 5.00. The van der Waals surface area contributed by atoms with Crippen LogP contribution in [0.3, 0.4) is 0 Å². The molecule has 0 bridgehead atoms. The van der Waals surface area contributed by atoms with E-state index in [9.17, 15) is 8.78 Å². The Hall–Kier alpha value is -2.14. The number of rotatable bonds is 6. The third-order valence-electron chi connectivity index (χ3n) is 3.35. The Bertz CT molecular complexity index is 647. The van der Waals surface area contributed by atoms with Crippen molar-refractivity contribution in [3.05, 3.63) is 59.2 Å². The first kappa shape index (κ1) is 16.2. The lowest BCUT2D eigenvalue weighted by atomic mass is 10.1. The minimum absolute atomic E-state index is 0.317. The molecule has 2 rings (SSSR count). The van der Waals surface area contributed by atoms with Crippen LogP contribution in [0.1, 0.15) is 11.1 Å². The highest BCUT2D eigenvalue weighted by Gasteiger charge is 2.10. The molecule has 0 saturated heterocycles. The van der Waals surface area contributed by atoms with E-state index in [1.807, 2.05) is 30.1 Å². The van der Waals surface area contributed by atoms with E-state index in [1.54, 1.807) is 14.2 Å². The van der Waals surface area contributed by atoms with Crippen molar-refractivity contribution in [2.24, 2.45) is 0 Å². The van der Waals surface area contributed by atoms with Gasteiger partial charge in [-0.05, 0) is 42.9 Å². The van der Waals surface area contributed by atoms with E-state index >= 15 is 0 Å². The molecule has 0 aliphatic carbocycles. The van der Waals surface area contributed by atoms with Gasteiger partial charge in [0.15, 0.2) is 11.5 Å². The number of hydrogen-bond donors (Lipinski definition) is 0. The molecule has 118 valence electrons. The summed E-state index contributed by atoms with van der Waals surface area (Å²) >= 11 is 0. The van der Waals surface area contributed by atoms with Crippen LogP contribution in [0.25, 0.3) is 0 Å². The summed E-state index contributed by atoms with van der Waals surface area (Å²) in [4.78, 5) is 1.90. The second-order valence-electron chi connectivity index (χ2n) is 5.10. The van der Waals surface area contributed by atoms with Gasteiger partial charge in [0.25, 0.3) is 0 Å². The molecule has 0 aliphatic heterocycles. The highest BCUT2D eigenvalue weighted by molar-refractivity contribution is 5.42. The fraction of sp³-hybridized carbons (Fsp3) is 0.294. The molecule has 0 N–H and O–H groups in total. The maximum absolute atomic E-state index is 13.7. The summed E-state index contributed by atoms with van der Waals surface area (Å²) in [6.07, 6.45) is 0. The van der Waals surface area contributed by atoms with Gasteiger partial charge in [0.1, 0.15) is 11.6 Å². The number of hydrogen-bond acceptors (Lipinski definition) is 3. The van der Waals surface area contributed by atoms with E-state index in [0.717, 1.165) is 17.7 Å². The maximum atomic E-state index is 13.7. The van der Waals surface area contributed by atoms with Crippen LogP contribution in [0.4, 0.5) is 8.78 Å². The summed E-state index contributed by atoms with van der Waals surface area (Å²) in [6, 6.07) is 9.10. The average molecular weight is 307 g/mol. The molecule has 0 heterocycles. The minimum atomic E-state index is -0.434. The lowest BCUT2D eigenvalue weighted by Gasteiger charge is -2.18. The fourth-order valence-electron chi connectivity index (χ4n) is 2.30. The summed E-state index contributed by atoms with van der Waals surface area (Å²) in [5.41, 5.74) is 1.33. The topological polar surface area (TPSA) is 21.7 Å². The first-order chi connectivity index (χ1) is 10.5. The fourth-order valence-corrected chi connectivity index (χ4v) is 2.30. The van der Waals surface area contributed by atoms with Crippen molar-refractivity contribution < 1.29 is 18.3 Å². The van der Waals surface area contributed by atoms with E-state index in [0.29, 0.717) is 30.2 Å². The minimum Gasteiger partial charge on any atom is -0.493 e. The number of halogens is 2. The first-order valence-electron chi connectivity index (χ1n) is 6.87. The van der Waals surface area contributed by atoms with Gasteiger partial charge in [0.05, 0.1) is 14.2 Å². The molecule has 0 fully saturated rings. The van der Waals surface area contributed by atoms with Crippen LogP contribution in [0.2, 0.25) is 0 Å². The molecular formula is C17H19F2NO2. The molecule has 2 aromatic carbocycles. The second kappa shape index (κ2) is 7.22. The van der Waals surface area contributed by atoms with Crippen molar-refractivity contribution in [1.29, 1.82) is 0 Å². The largest absolute Gasteiger partial charge is 0.493 e. The predicted octanol–water partition coefficient (Wildman–Crippen LogP) is 3.61. The van der Waals surface area contributed by atoms with E-state index in [2.05, 4.69) is 0 Å². The zero-order chi connectivity index (χ0) is 16.1. The molecule has 0 amide bonds. The molecular weight excluding hydrogens is 288 g/mol. The van der Waals surface area contributed by atoms with Crippen LogP contribution >= 0.6 is 0 Å². The smallest absolute Gasteiger partial charge is 0.161 e. The quantitative estimate of drug-likeness (QED) is 0.813. The highest BCUT2D eigenvalue weighted by Crippen LogP contribution is 2.28. The Morgan fingerprint density at radius 3 is 2.32 bits per heavy atom. The summed E-state index contributed by atoms with van der Waals surface area (Å²) in [5.74, 6) is 0.465. The van der Waals surface area contributed by atoms with Gasteiger partial charge < -0.3 is 9.47 Å². The van der Waals surface area contributed by atoms with E-state index in [-0.39, 0.29) is 0 Å². The van der Waals surface area contributed by atoms with Crippen LogP contribution in [0, 0.1) is 11.6 Å². The molecule has 0 radical (unpaired) electrons. The zero-order valence-corrected chi connectivity index (χ0v) is 12.9. The third kappa shape index (κ3) is 3.95. The van der Waals surface area contributed by atoms with Crippen LogP contribution in [-0.2, 0) is 13.1 Å². The van der Waals surface area contributed by atoms with Gasteiger partial charge in [-0.3, -0.25) is 4.90 Å². The Balaban J connectivity index is 2.08. The normalized spacial score (nSPS) is 10.8. The SMILES string of the molecule is COc1ccc(CN(C)Cc2cc(F)ccc2F)cc1OC. The number of methoxy groups -OCH3 is 2. The molecule has 2 aromatic rings. The Labute approximate surface area is 129 Å². The lowest BCUT2D eigenvalue weighted by Crippen LogP contribution is -2.18. The van der Waals surface area contributed by atoms with Crippen molar-refractivity contribution in [2.45, 2.75) is 13.1 Å². The van der Waals surface area contributed by atoms with E-state index in [4.69, 9.17) is 9.47 Å². The average Bonchev–Trinajstić information content (AvgIpc) is 2.50. The van der Waals surface area contributed by atoms with Gasteiger partial charge in [-0.1, -0.05) is 6.07 Å². The van der Waals surface area contributed by atoms with Crippen LogP contribution in [0.5, 0.6) is 11.5 Å².